The highest BCUT2D eigenvalue weighted by Crippen LogP contribution is 2.23. The van der Waals surface area contributed by atoms with Gasteiger partial charge in [0.05, 0.1) is 6.61 Å². The van der Waals surface area contributed by atoms with Crippen LogP contribution in [0.15, 0.2) is 0 Å². The molecule has 0 aliphatic carbocycles. The summed E-state index contributed by atoms with van der Waals surface area (Å²) in [4.78, 5) is 14.3. The fourth-order valence-corrected chi connectivity index (χ4v) is 3.12. The second-order valence-electron chi connectivity index (χ2n) is 8.30. The molecule has 22 heavy (non-hydrogen) atoms. The lowest BCUT2D eigenvalue weighted by Gasteiger charge is -2.32. The summed E-state index contributed by atoms with van der Waals surface area (Å²) in [5.41, 5.74) is -0.208. The number of nitrogens with zero attached hydrogens (tertiary/aromatic N) is 1. The molecule has 3 heteroatoms. The van der Waals surface area contributed by atoms with Crippen molar-refractivity contribution in [2.24, 2.45) is 17.3 Å². The van der Waals surface area contributed by atoms with Crippen molar-refractivity contribution in [1.29, 1.82) is 0 Å². The molecule has 0 unspecified atom stereocenters. The Hall–Kier alpha value is -0.410. The quantitative estimate of drug-likeness (QED) is 0.599. The summed E-state index contributed by atoms with van der Waals surface area (Å²) in [6, 6.07) is 0. The van der Waals surface area contributed by atoms with Gasteiger partial charge >= 0.3 is 0 Å². The zero-order valence-corrected chi connectivity index (χ0v) is 15.5. The molecular weight excluding hydrogens is 274 g/mol. The van der Waals surface area contributed by atoms with Gasteiger partial charge in [0, 0.05) is 25.0 Å². The van der Waals surface area contributed by atoms with Gasteiger partial charge in [-0.1, -0.05) is 34.6 Å². The van der Waals surface area contributed by atoms with E-state index in [1.807, 2.05) is 20.8 Å². The molecule has 0 N–H and O–H groups in total. The van der Waals surface area contributed by atoms with Gasteiger partial charge in [-0.25, -0.2) is 0 Å². The Bertz CT molecular complexity index is 312. The number of carbonyl (C=O) groups excluding carboxylic acids is 1. The summed E-state index contributed by atoms with van der Waals surface area (Å²) in [5, 5.41) is 0. The minimum absolute atomic E-state index is 0.208. The molecule has 1 aliphatic heterocycles. The Morgan fingerprint density at radius 1 is 1.18 bits per heavy atom. The third-order valence-electron chi connectivity index (χ3n) is 4.59. The molecule has 1 saturated heterocycles. The third kappa shape index (κ3) is 8.28. The van der Waals surface area contributed by atoms with Crippen molar-refractivity contribution in [3.8, 4) is 0 Å². The molecule has 0 saturated carbocycles. The monoisotopic (exact) mass is 311 g/mol. The van der Waals surface area contributed by atoms with Crippen molar-refractivity contribution in [2.45, 2.75) is 66.7 Å². The second kappa shape index (κ2) is 9.67. The highest BCUT2D eigenvalue weighted by atomic mass is 16.5. The molecular formula is C19H37NO2. The zero-order valence-electron chi connectivity index (χ0n) is 15.5. The molecule has 0 radical (unpaired) electrons. The van der Waals surface area contributed by atoms with Crippen molar-refractivity contribution in [1.82, 2.24) is 4.90 Å². The number of ether oxygens (including phenoxy) is 1. The lowest BCUT2D eigenvalue weighted by Crippen LogP contribution is -2.36. The van der Waals surface area contributed by atoms with Crippen LogP contribution in [0.3, 0.4) is 0 Å². The molecule has 0 aromatic heterocycles. The molecule has 0 spiro atoms. The van der Waals surface area contributed by atoms with Crippen molar-refractivity contribution >= 4 is 5.78 Å². The summed E-state index contributed by atoms with van der Waals surface area (Å²) in [6.45, 7) is 15.6. The predicted octanol–water partition coefficient (Wildman–Crippen LogP) is 4.16. The van der Waals surface area contributed by atoms with Crippen LogP contribution in [-0.2, 0) is 9.53 Å². The maximum atomic E-state index is 11.8. The summed E-state index contributed by atoms with van der Waals surface area (Å²) in [5.74, 6) is 2.10. The van der Waals surface area contributed by atoms with Crippen molar-refractivity contribution in [3.63, 3.8) is 0 Å². The Labute approximate surface area is 137 Å². The third-order valence-corrected chi connectivity index (χ3v) is 4.59. The van der Waals surface area contributed by atoms with Crippen LogP contribution >= 0.6 is 0 Å². The van der Waals surface area contributed by atoms with E-state index in [1.54, 1.807) is 0 Å². The number of Topliss-reactive ketones (excluding diaryl/α,β-unsaturated/α-hetero) is 1. The van der Waals surface area contributed by atoms with Crippen LogP contribution in [0.4, 0.5) is 0 Å². The van der Waals surface area contributed by atoms with Crippen LogP contribution in [0.2, 0.25) is 0 Å². The first-order valence-electron chi connectivity index (χ1n) is 9.12. The summed E-state index contributed by atoms with van der Waals surface area (Å²) < 4.78 is 5.70. The highest BCUT2D eigenvalue weighted by molar-refractivity contribution is 5.83. The first-order valence-corrected chi connectivity index (χ1v) is 9.12. The molecule has 130 valence electrons. The molecule has 1 heterocycles. The molecule has 1 rings (SSSR count). The van der Waals surface area contributed by atoms with E-state index in [9.17, 15) is 4.79 Å². The fourth-order valence-electron chi connectivity index (χ4n) is 3.12. The van der Waals surface area contributed by atoms with E-state index in [2.05, 4.69) is 18.7 Å². The van der Waals surface area contributed by atoms with E-state index < -0.39 is 0 Å². The first kappa shape index (κ1) is 19.6. The SMILES string of the molecule is CC(C)CC1CCN(CCOCCCC(=O)C(C)(C)C)CC1. The second-order valence-corrected chi connectivity index (χ2v) is 8.30. The highest BCUT2D eigenvalue weighted by Gasteiger charge is 2.21. The number of piperidine rings is 1. The predicted molar refractivity (Wildman–Crippen MR) is 93.1 cm³/mol. The minimum Gasteiger partial charge on any atom is -0.380 e. The van der Waals surface area contributed by atoms with Gasteiger partial charge in [0.15, 0.2) is 0 Å². The zero-order chi connectivity index (χ0) is 16.6. The number of hydrogen-bond acceptors (Lipinski definition) is 3. The van der Waals surface area contributed by atoms with E-state index >= 15 is 0 Å². The van der Waals surface area contributed by atoms with Gasteiger partial charge < -0.3 is 9.64 Å². The van der Waals surface area contributed by atoms with Crippen molar-refractivity contribution in [3.05, 3.63) is 0 Å². The Morgan fingerprint density at radius 2 is 1.82 bits per heavy atom. The lowest BCUT2D eigenvalue weighted by atomic mass is 9.88. The van der Waals surface area contributed by atoms with E-state index in [0.29, 0.717) is 18.8 Å². The smallest absolute Gasteiger partial charge is 0.138 e. The van der Waals surface area contributed by atoms with Crippen LogP contribution in [0, 0.1) is 17.3 Å². The number of hydrogen-bond donors (Lipinski definition) is 0. The molecule has 0 aromatic rings. The van der Waals surface area contributed by atoms with E-state index in [1.165, 1.54) is 32.4 Å². The molecule has 0 atom stereocenters. The summed E-state index contributed by atoms with van der Waals surface area (Å²) in [6.07, 6.45) is 5.57. The maximum Gasteiger partial charge on any atom is 0.138 e. The van der Waals surface area contributed by atoms with E-state index in [-0.39, 0.29) is 5.41 Å². The van der Waals surface area contributed by atoms with Crippen molar-refractivity contribution in [2.75, 3.05) is 32.8 Å². The Morgan fingerprint density at radius 3 is 2.36 bits per heavy atom. The molecule has 0 amide bonds. The number of ketones is 1. The van der Waals surface area contributed by atoms with E-state index in [4.69, 9.17) is 4.74 Å². The van der Waals surface area contributed by atoms with Crippen molar-refractivity contribution < 1.29 is 9.53 Å². The minimum atomic E-state index is -0.208. The average Bonchev–Trinajstić information content (AvgIpc) is 2.42. The molecule has 1 aliphatic rings. The van der Waals surface area contributed by atoms with Crippen LogP contribution in [-0.4, -0.2) is 43.5 Å². The average molecular weight is 312 g/mol. The maximum absolute atomic E-state index is 11.8. The number of rotatable bonds is 9. The van der Waals surface area contributed by atoms with E-state index in [0.717, 1.165) is 31.4 Å². The molecule has 0 bridgehead atoms. The van der Waals surface area contributed by atoms with Gasteiger partial charge in [-0.3, -0.25) is 4.79 Å². The topological polar surface area (TPSA) is 29.5 Å². The standard InChI is InChI=1S/C19H37NO2/c1-16(2)15-17-8-10-20(11-9-17)12-14-22-13-6-7-18(21)19(3,4)5/h16-17H,6-15H2,1-5H3. The molecule has 0 aromatic carbocycles. The molecule has 3 nitrogen and oxygen atoms in total. The van der Waals surface area contributed by atoms with Crippen LogP contribution in [0.5, 0.6) is 0 Å². The molecule has 1 fully saturated rings. The Balaban J connectivity index is 1.99. The Kier molecular flexibility index (Phi) is 8.63. The van der Waals surface area contributed by atoms with Gasteiger partial charge in [0.25, 0.3) is 0 Å². The van der Waals surface area contributed by atoms with Gasteiger partial charge in [0.2, 0.25) is 0 Å². The number of likely N-dealkylation sites (tertiary alicyclic amines) is 1. The lowest BCUT2D eigenvalue weighted by molar-refractivity contribution is -0.126. The summed E-state index contributed by atoms with van der Waals surface area (Å²) >= 11 is 0. The van der Waals surface area contributed by atoms with Gasteiger partial charge in [-0.05, 0) is 50.6 Å². The van der Waals surface area contributed by atoms with Crippen LogP contribution in [0.25, 0.3) is 0 Å². The first-order chi connectivity index (χ1) is 10.3. The van der Waals surface area contributed by atoms with Crippen LogP contribution < -0.4 is 0 Å². The van der Waals surface area contributed by atoms with Gasteiger partial charge in [0.1, 0.15) is 5.78 Å². The number of carbonyl (C=O) groups is 1. The van der Waals surface area contributed by atoms with Gasteiger partial charge in [-0.15, -0.1) is 0 Å². The normalized spacial score (nSPS) is 18.1. The fraction of sp³-hybridized carbons (Fsp3) is 0.947. The van der Waals surface area contributed by atoms with Crippen LogP contribution in [0.1, 0.15) is 66.7 Å². The van der Waals surface area contributed by atoms with Gasteiger partial charge in [-0.2, -0.15) is 0 Å². The summed E-state index contributed by atoms with van der Waals surface area (Å²) in [7, 11) is 0. The largest absolute Gasteiger partial charge is 0.380 e.